The van der Waals surface area contributed by atoms with Gasteiger partial charge in [0.15, 0.2) is 17.5 Å². The molecule has 2 heterocycles. The average Bonchev–Trinajstić information content (AvgIpc) is 3.01. The van der Waals surface area contributed by atoms with Crippen molar-refractivity contribution in [1.29, 1.82) is 0 Å². The molecule has 0 saturated heterocycles. The lowest BCUT2D eigenvalue weighted by Crippen LogP contribution is -2.21. The van der Waals surface area contributed by atoms with Crippen molar-refractivity contribution < 1.29 is 4.79 Å². The van der Waals surface area contributed by atoms with E-state index in [2.05, 4.69) is 60.6 Å². The van der Waals surface area contributed by atoms with E-state index in [0.717, 1.165) is 34.5 Å². The smallest absolute Gasteiger partial charge is 0.217 e. The Hall–Kier alpha value is -2.41. The third-order valence-corrected chi connectivity index (χ3v) is 4.96. The zero-order chi connectivity index (χ0) is 19.6. The maximum atomic E-state index is 11.4. The number of hydrogen-bond donors (Lipinski definition) is 1. The van der Waals surface area contributed by atoms with E-state index in [4.69, 9.17) is 4.98 Å². The predicted molar refractivity (Wildman–Crippen MR) is 109 cm³/mol. The fraction of sp³-hybridized carbons (Fsp3) is 0.400. The second kappa shape index (κ2) is 8.08. The number of aromatic nitrogens is 4. The third kappa shape index (κ3) is 4.47. The molecule has 6 nitrogen and oxygen atoms in total. The van der Waals surface area contributed by atoms with Gasteiger partial charge in [-0.1, -0.05) is 19.9 Å². The summed E-state index contributed by atoms with van der Waals surface area (Å²) in [4.78, 5) is 22.0. The van der Waals surface area contributed by atoms with Gasteiger partial charge in [0.25, 0.3) is 0 Å². The fourth-order valence-electron chi connectivity index (χ4n) is 2.94. The number of carbonyl (C=O) groups is 1. The minimum absolute atomic E-state index is 0.0952. The van der Waals surface area contributed by atoms with Crippen LogP contribution in [0.3, 0.4) is 0 Å². The number of fused-ring (bicyclic) bond motifs is 1. The normalized spacial score (nSPS) is 11.3. The largest absolute Gasteiger partial charge is 0.349 e. The average molecular weight is 384 g/mol. The monoisotopic (exact) mass is 383 g/mol. The molecular weight excluding hydrogens is 358 g/mol. The van der Waals surface area contributed by atoms with E-state index in [-0.39, 0.29) is 5.91 Å². The van der Waals surface area contributed by atoms with Gasteiger partial charge in [0, 0.05) is 23.6 Å². The summed E-state index contributed by atoms with van der Waals surface area (Å²) in [5.41, 5.74) is 2.07. The zero-order valence-electron chi connectivity index (χ0n) is 16.4. The Balaban J connectivity index is 2.10. The summed E-state index contributed by atoms with van der Waals surface area (Å²) in [5, 5.41) is 8.62. The molecule has 1 N–H and O–H groups in total. The molecule has 0 atom stereocenters. The van der Waals surface area contributed by atoms with Crippen LogP contribution in [0.4, 0.5) is 0 Å². The van der Waals surface area contributed by atoms with Gasteiger partial charge in [0.2, 0.25) is 5.91 Å². The van der Waals surface area contributed by atoms with E-state index in [1.807, 2.05) is 6.07 Å². The van der Waals surface area contributed by atoms with Crippen LogP contribution in [0, 0.1) is 12.8 Å². The topological polar surface area (TPSA) is 72.7 Å². The van der Waals surface area contributed by atoms with Gasteiger partial charge >= 0.3 is 0 Å². The maximum Gasteiger partial charge on any atom is 0.217 e. The van der Waals surface area contributed by atoms with Crippen molar-refractivity contribution in [3.05, 3.63) is 41.5 Å². The molecule has 3 aromatic rings. The molecule has 1 aromatic carbocycles. The van der Waals surface area contributed by atoms with Crippen LogP contribution in [0.1, 0.15) is 38.0 Å². The molecule has 1 amide bonds. The minimum Gasteiger partial charge on any atom is -0.349 e. The first kappa shape index (κ1) is 19.4. The van der Waals surface area contributed by atoms with E-state index in [1.165, 1.54) is 11.8 Å². The summed E-state index contributed by atoms with van der Waals surface area (Å²) >= 11 is 1.69. The molecule has 0 aliphatic rings. The molecule has 0 fully saturated rings. The first-order valence-corrected chi connectivity index (χ1v) is 10.2. The van der Waals surface area contributed by atoms with Gasteiger partial charge in [-0.3, -0.25) is 4.79 Å². The van der Waals surface area contributed by atoms with Gasteiger partial charge in [-0.15, -0.1) is 16.9 Å². The van der Waals surface area contributed by atoms with Gasteiger partial charge < -0.3 is 5.32 Å². The van der Waals surface area contributed by atoms with Crippen LogP contribution < -0.4 is 5.32 Å². The van der Waals surface area contributed by atoms with Crippen molar-refractivity contribution in [3.63, 3.8) is 0 Å². The number of benzene rings is 1. The summed E-state index contributed by atoms with van der Waals surface area (Å²) in [6.07, 6.45) is 2.84. The Morgan fingerprint density at radius 1 is 1.26 bits per heavy atom. The van der Waals surface area contributed by atoms with Crippen LogP contribution in [0.2, 0.25) is 0 Å². The SMILES string of the molecule is CSc1ccc2c(C)cc(-n3nc(CC(C)C)nc3CNC(C)=O)nc2c1. The highest BCUT2D eigenvalue weighted by Gasteiger charge is 2.15. The number of aryl methyl sites for hydroxylation is 1. The molecule has 0 spiro atoms. The molecule has 7 heteroatoms. The Morgan fingerprint density at radius 3 is 2.70 bits per heavy atom. The van der Waals surface area contributed by atoms with Crippen molar-refractivity contribution in [2.24, 2.45) is 5.92 Å². The standard InChI is InChI=1S/C20H25N5OS/c1-12(2)8-18-23-20(11-21-14(4)26)25(24-18)19-9-13(3)16-7-6-15(27-5)10-17(16)22-19/h6-7,9-10,12H,8,11H2,1-5H3,(H,21,26). The summed E-state index contributed by atoms with van der Waals surface area (Å²) in [5.74, 6) is 2.53. The van der Waals surface area contributed by atoms with Gasteiger partial charge in [0.1, 0.15) is 0 Å². The highest BCUT2D eigenvalue weighted by atomic mass is 32.2. The Bertz CT molecular complexity index is 980. The molecule has 0 bridgehead atoms. The lowest BCUT2D eigenvalue weighted by Gasteiger charge is -2.10. The molecule has 0 saturated carbocycles. The Labute approximate surface area is 163 Å². The summed E-state index contributed by atoms with van der Waals surface area (Å²) in [6.45, 7) is 8.17. The van der Waals surface area contributed by atoms with Crippen LogP contribution in [0.5, 0.6) is 0 Å². The molecule has 0 aliphatic carbocycles. The molecule has 27 heavy (non-hydrogen) atoms. The molecule has 0 aliphatic heterocycles. The van der Waals surface area contributed by atoms with Crippen LogP contribution in [0.25, 0.3) is 16.7 Å². The molecule has 0 unspecified atom stereocenters. The van der Waals surface area contributed by atoms with Crippen molar-refractivity contribution in [2.75, 3.05) is 6.26 Å². The number of pyridine rings is 1. The lowest BCUT2D eigenvalue weighted by atomic mass is 10.1. The van der Waals surface area contributed by atoms with Crippen molar-refractivity contribution >= 4 is 28.6 Å². The minimum atomic E-state index is -0.0952. The number of rotatable bonds is 6. The summed E-state index contributed by atoms with van der Waals surface area (Å²) in [6, 6.07) is 8.33. The van der Waals surface area contributed by atoms with Gasteiger partial charge in [-0.25, -0.2) is 9.97 Å². The van der Waals surface area contributed by atoms with Gasteiger partial charge in [-0.2, -0.15) is 4.68 Å². The Kier molecular flexibility index (Phi) is 5.79. The van der Waals surface area contributed by atoms with E-state index in [1.54, 1.807) is 16.4 Å². The third-order valence-electron chi connectivity index (χ3n) is 4.23. The van der Waals surface area contributed by atoms with Crippen molar-refractivity contribution in [3.8, 4) is 5.82 Å². The summed E-state index contributed by atoms with van der Waals surface area (Å²) < 4.78 is 1.76. The first-order valence-electron chi connectivity index (χ1n) is 9.02. The molecule has 142 valence electrons. The van der Waals surface area contributed by atoms with Crippen molar-refractivity contribution in [2.45, 2.75) is 45.6 Å². The zero-order valence-corrected chi connectivity index (χ0v) is 17.2. The number of thioether (sulfide) groups is 1. The van der Waals surface area contributed by atoms with Gasteiger partial charge in [0.05, 0.1) is 12.1 Å². The summed E-state index contributed by atoms with van der Waals surface area (Å²) in [7, 11) is 0. The van der Waals surface area contributed by atoms with Crippen LogP contribution in [-0.2, 0) is 17.8 Å². The predicted octanol–water partition coefficient (Wildman–Crippen LogP) is 3.68. The van der Waals surface area contributed by atoms with Crippen molar-refractivity contribution in [1.82, 2.24) is 25.1 Å². The number of carbonyl (C=O) groups excluding carboxylic acids is 1. The first-order chi connectivity index (χ1) is 12.9. The molecule has 3 rings (SSSR count). The lowest BCUT2D eigenvalue weighted by molar-refractivity contribution is -0.119. The van der Waals surface area contributed by atoms with E-state index < -0.39 is 0 Å². The van der Waals surface area contributed by atoms with E-state index in [9.17, 15) is 4.79 Å². The Morgan fingerprint density at radius 2 is 2.04 bits per heavy atom. The fourth-order valence-corrected chi connectivity index (χ4v) is 3.38. The highest BCUT2D eigenvalue weighted by molar-refractivity contribution is 7.98. The number of nitrogens with one attached hydrogen (secondary N) is 1. The highest BCUT2D eigenvalue weighted by Crippen LogP contribution is 2.25. The quantitative estimate of drug-likeness (QED) is 0.658. The molecule has 0 radical (unpaired) electrons. The maximum absolute atomic E-state index is 11.4. The number of nitrogens with zero attached hydrogens (tertiary/aromatic N) is 4. The number of amides is 1. The second-order valence-corrected chi connectivity index (χ2v) is 7.92. The van der Waals surface area contributed by atoms with Crippen LogP contribution in [-0.4, -0.2) is 31.9 Å². The number of hydrogen-bond acceptors (Lipinski definition) is 5. The van der Waals surface area contributed by atoms with Crippen LogP contribution >= 0.6 is 11.8 Å². The van der Waals surface area contributed by atoms with E-state index in [0.29, 0.717) is 18.3 Å². The van der Waals surface area contributed by atoms with E-state index >= 15 is 0 Å². The van der Waals surface area contributed by atoms with Crippen LogP contribution in [0.15, 0.2) is 29.2 Å². The second-order valence-electron chi connectivity index (χ2n) is 7.04. The van der Waals surface area contributed by atoms with Gasteiger partial charge in [-0.05, 0) is 42.9 Å². The molecular formula is C20H25N5OS. The molecule has 2 aromatic heterocycles.